The van der Waals surface area contributed by atoms with Gasteiger partial charge in [-0.15, -0.1) is 11.8 Å². The van der Waals surface area contributed by atoms with E-state index in [1.54, 1.807) is 38.1 Å². The van der Waals surface area contributed by atoms with Gasteiger partial charge in [-0.3, -0.25) is 9.69 Å². The molecule has 1 fully saturated rings. The van der Waals surface area contributed by atoms with Crippen LogP contribution in [0.1, 0.15) is 19.4 Å². The third-order valence-electron chi connectivity index (χ3n) is 5.04. The van der Waals surface area contributed by atoms with Crippen molar-refractivity contribution in [2.24, 2.45) is 0 Å². The third kappa shape index (κ3) is 3.45. The lowest BCUT2D eigenvalue weighted by Gasteiger charge is -2.50. The minimum absolute atomic E-state index is 0.0292. The summed E-state index contributed by atoms with van der Waals surface area (Å²) in [6, 6.07) is 5.81. The second-order valence-corrected chi connectivity index (χ2v) is 8.13. The van der Waals surface area contributed by atoms with Gasteiger partial charge in [-0.1, -0.05) is 24.3 Å². The summed E-state index contributed by atoms with van der Waals surface area (Å²) in [5.41, 5.74) is 0.482. The van der Waals surface area contributed by atoms with Gasteiger partial charge in [0.15, 0.2) is 0 Å². The Kier molecular flexibility index (Phi) is 5.62. The third-order valence-corrected chi connectivity index (χ3v) is 6.35. The predicted molar refractivity (Wildman–Crippen MR) is 106 cm³/mol. The molecule has 2 aliphatic heterocycles. The van der Waals surface area contributed by atoms with Crippen LogP contribution in [0.4, 0.5) is 0 Å². The number of aromatic hydroxyl groups is 1. The molecule has 0 aliphatic carbocycles. The van der Waals surface area contributed by atoms with Crippen molar-refractivity contribution in [2.45, 2.75) is 30.7 Å². The molecule has 0 saturated carbocycles. The Morgan fingerprint density at radius 3 is 2.64 bits per heavy atom. The van der Waals surface area contributed by atoms with Gasteiger partial charge in [0.05, 0.1) is 5.41 Å². The molecule has 8 heteroatoms. The monoisotopic (exact) mass is 402 g/mol. The number of aliphatic carboxylic acids is 1. The minimum atomic E-state index is -1.12. The van der Waals surface area contributed by atoms with Crippen molar-refractivity contribution >= 4 is 29.9 Å². The molecule has 1 aromatic carbocycles. The molecule has 3 unspecified atom stereocenters. The number of hydrogen-bond acceptors (Lipinski definition) is 6. The van der Waals surface area contributed by atoms with Crippen LogP contribution >= 0.6 is 11.8 Å². The fourth-order valence-electron chi connectivity index (χ4n) is 3.40. The van der Waals surface area contributed by atoms with Crippen LogP contribution in [0.5, 0.6) is 5.75 Å². The number of β-lactam (4-membered cyclic amide) rings is 1. The standard InChI is InChI=1S/C20H22N2O5S/c1-3-4-12-9-28-18-15(17(25)22(18)16(12)19(26)27)21-10-20(2,11-23)13-5-7-14(24)8-6-13/h3-8,11,15,18,21,24H,9-10H2,1-2H3,(H,26,27)/b4-3-. The number of carbonyl (C=O) groups excluding carboxylic acids is 2. The molecule has 28 heavy (non-hydrogen) atoms. The number of allylic oxidation sites excluding steroid dienone is 2. The first-order valence-electron chi connectivity index (χ1n) is 8.85. The molecule has 1 amide bonds. The average Bonchev–Trinajstić information content (AvgIpc) is 2.68. The van der Waals surface area contributed by atoms with Crippen molar-refractivity contribution in [3.8, 4) is 5.75 Å². The highest BCUT2D eigenvalue weighted by Gasteiger charge is 2.53. The van der Waals surface area contributed by atoms with Gasteiger partial charge in [0.2, 0.25) is 5.91 Å². The summed E-state index contributed by atoms with van der Waals surface area (Å²) in [5.74, 6) is -0.817. The molecule has 3 atom stereocenters. The van der Waals surface area contributed by atoms with Gasteiger partial charge in [-0.2, -0.15) is 0 Å². The Labute approximate surface area is 167 Å². The van der Waals surface area contributed by atoms with Gasteiger partial charge >= 0.3 is 5.97 Å². The molecule has 3 rings (SSSR count). The van der Waals surface area contributed by atoms with Crippen LogP contribution in [0.15, 0.2) is 47.7 Å². The number of aldehydes is 1. The molecular formula is C20H22N2O5S. The van der Waals surface area contributed by atoms with Gasteiger partial charge in [-0.05, 0) is 37.1 Å². The number of nitrogens with one attached hydrogen (secondary N) is 1. The molecule has 1 aromatic rings. The summed E-state index contributed by atoms with van der Waals surface area (Å²) in [4.78, 5) is 37.4. The predicted octanol–water partition coefficient (Wildman–Crippen LogP) is 1.64. The van der Waals surface area contributed by atoms with Crippen LogP contribution in [0, 0.1) is 0 Å². The minimum Gasteiger partial charge on any atom is -0.508 e. The van der Waals surface area contributed by atoms with Gasteiger partial charge in [0.25, 0.3) is 0 Å². The van der Waals surface area contributed by atoms with E-state index < -0.39 is 17.4 Å². The summed E-state index contributed by atoms with van der Waals surface area (Å²) in [6.45, 7) is 3.77. The van der Waals surface area contributed by atoms with E-state index in [1.807, 2.05) is 0 Å². The number of carboxylic acids is 1. The van der Waals surface area contributed by atoms with E-state index in [2.05, 4.69) is 5.32 Å². The second-order valence-electron chi connectivity index (χ2n) is 7.03. The molecule has 0 radical (unpaired) electrons. The Balaban J connectivity index is 1.75. The first-order valence-corrected chi connectivity index (χ1v) is 9.90. The maximum absolute atomic E-state index is 12.7. The number of phenolic OH excluding ortho intramolecular Hbond substituents is 1. The number of benzene rings is 1. The summed E-state index contributed by atoms with van der Waals surface area (Å²) in [7, 11) is 0. The van der Waals surface area contributed by atoms with E-state index in [1.165, 1.54) is 28.8 Å². The number of thioether (sulfide) groups is 1. The van der Waals surface area contributed by atoms with E-state index in [4.69, 9.17) is 0 Å². The maximum atomic E-state index is 12.7. The zero-order valence-corrected chi connectivity index (χ0v) is 16.4. The molecule has 2 heterocycles. The maximum Gasteiger partial charge on any atom is 0.352 e. The Hall–Kier alpha value is -2.58. The summed E-state index contributed by atoms with van der Waals surface area (Å²) >= 11 is 1.50. The smallest absolute Gasteiger partial charge is 0.352 e. The van der Waals surface area contributed by atoms with Crippen LogP contribution in [0.25, 0.3) is 0 Å². The average molecular weight is 402 g/mol. The quantitative estimate of drug-likeness (QED) is 0.470. The molecule has 0 spiro atoms. The fraction of sp³-hybridized carbons (Fsp3) is 0.350. The number of phenols is 1. The zero-order chi connectivity index (χ0) is 20.5. The largest absolute Gasteiger partial charge is 0.508 e. The molecule has 2 aliphatic rings. The van der Waals surface area contributed by atoms with E-state index in [0.717, 1.165) is 6.29 Å². The van der Waals surface area contributed by atoms with Crippen LogP contribution in [-0.4, -0.2) is 57.0 Å². The van der Waals surface area contributed by atoms with Crippen LogP contribution in [0.3, 0.4) is 0 Å². The summed E-state index contributed by atoms with van der Waals surface area (Å²) < 4.78 is 0. The van der Waals surface area contributed by atoms with Crippen molar-refractivity contribution in [3.05, 3.63) is 53.3 Å². The lowest BCUT2D eigenvalue weighted by Crippen LogP contribution is -2.70. The summed E-state index contributed by atoms with van der Waals surface area (Å²) in [6.07, 6.45) is 4.29. The number of hydrogen-bond donors (Lipinski definition) is 3. The topological polar surface area (TPSA) is 107 Å². The lowest BCUT2D eigenvalue weighted by atomic mass is 9.83. The van der Waals surface area contributed by atoms with Crippen molar-refractivity contribution in [2.75, 3.05) is 12.3 Å². The highest BCUT2D eigenvalue weighted by atomic mass is 32.2. The Morgan fingerprint density at radius 2 is 2.07 bits per heavy atom. The normalized spacial score (nSPS) is 23.9. The van der Waals surface area contributed by atoms with Crippen molar-refractivity contribution < 1.29 is 24.6 Å². The van der Waals surface area contributed by atoms with Crippen molar-refractivity contribution in [1.29, 1.82) is 0 Å². The van der Waals surface area contributed by atoms with Gasteiger partial charge in [0, 0.05) is 12.3 Å². The number of nitrogens with zero attached hydrogens (tertiary/aromatic N) is 1. The zero-order valence-electron chi connectivity index (χ0n) is 15.6. The number of rotatable bonds is 7. The van der Waals surface area contributed by atoms with Crippen LogP contribution < -0.4 is 5.32 Å². The summed E-state index contributed by atoms with van der Waals surface area (Å²) in [5, 5.41) is 21.8. The van der Waals surface area contributed by atoms with Crippen molar-refractivity contribution in [1.82, 2.24) is 10.2 Å². The van der Waals surface area contributed by atoms with Gasteiger partial charge in [0.1, 0.15) is 29.1 Å². The first-order chi connectivity index (χ1) is 13.3. The van der Waals surface area contributed by atoms with Gasteiger partial charge < -0.3 is 20.3 Å². The van der Waals surface area contributed by atoms with E-state index >= 15 is 0 Å². The molecule has 0 aromatic heterocycles. The highest BCUT2D eigenvalue weighted by molar-refractivity contribution is 8.00. The van der Waals surface area contributed by atoms with E-state index in [-0.39, 0.29) is 29.3 Å². The SMILES string of the molecule is C/C=C\C1=C(C(=O)O)N2C(=O)C(NCC(C)(C=O)c3ccc(O)cc3)C2SC1. The van der Waals surface area contributed by atoms with Crippen LogP contribution in [0.2, 0.25) is 0 Å². The highest BCUT2D eigenvalue weighted by Crippen LogP contribution is 2.41. The number of carboxylic acid groups (broad SMARTS) is 1. The number of fused-ring (bicyclic) bond motifs is 1. The fourth-order valence-corrected chi connectivity index (χ4v) is 4.75. The van der Waals surface area contributed by atoms with E-state index in [9.17, 15) is 24.6 Å². The Bertz CT molecular complexity index is 864. The molecule has 3 N–H and O–H groups in total. The molecular weight excluding hydrogens is 380 g/mol. The van der Waals surface area contributed by atoms with Crippen LogP contribution in [-0.2, 0) is 19.8 Å². The Morgan fingerprint density at radius 1 is 1.39 bits per heavy atom. The van der Waals surface area contributed by atoms with Gasteiger partial charge in [-0.25, -0.2) is 4.79 Å². The molecule has 7 nitrogen and oxygen atoms in total. The second kappa shape index (κ2) is 7.81. The lowest BCUT2D eigenvalue weighted by molar-refractivity contribution is -0.149. The van der Waals surface area contributed by atoms with Crippen molar-refractivity contribution in [3.63, 3.8) is 0 Å². The molecule has 0 bridgehead atoms. The number of amides is 1. The molecule has 1 saturated heterocycles. The number of carbonyl (C=O) groups is 3. The first kappa shape index (κ1) is 20.2. The molecule has 148 valence electrons. The van der Waals surface area contributed by atoms with E-state index in [0.29, 0.717) is 16.9 Å².